The highest BCUT2D eigenvalue weighted by Gasteiger charge is 2.40. The quantitative estimate of drug-likeness (QED) is 0.473. The van der Waals surface area contributed by atoms with Crippen LogP contribution in [0.4, 0.5) is 0 Å². The minimum absolute atomic E-state index is 0.0799. The molecule has 0 N–H and O–H groups in total. The summed E-state index contributed by atoms with van der Waals surface area (Å²) in [7, 11) is -4.10. The fourth-order valence-electron chi connectivity index (χ4n) is 3.24. The Morgan fingerprint density at radius 1 is 1.20 bits per heavy atom. The molecule has 4 nitrogen and oxygen atoms in total. The van der Waals surface area contributed by atoms with Crippen molar-refractivity contribution in [2.45, 2.75) is 55.8 Å². The van der Waals surface area contributed by atoms with Gasteiger partial charge in [-0.05, 0) is 53.2 Å². The highest BCUT2D eigenvalue weighted by Crippen LogP contribution is 2.74. The number of hydrogen-bond acceptors (Lipinski definition) is 4. The third-order valence-electron chi connectivity index (χ3n) is 4.41. The maximum atomic E-state index is 11.5. The van der Waals surface area contributed by atoms with Crippen LogP contribution >= 0.6 is 17.3 Å². The van der Waals surface area contributed by atoms with Crippen molar-refractivity contribution in [1.82, 2.24) is 0 Å². The van der Waals surface area contributed by atoms with Gasteiger partial charge in [0.15, 0.2) is 0 Å². The van der Waals surface area contributed by atoms with Gasteiger partial charge in [-0.2, -0.15) is 8.42 Å². The van der Waals surface area contributed by atoms with Gasteiger partial charge in [0, 0.05) is 15.6 Å². The molecular weight excluding hydrogens is 375 g/mol. The van der Waals surface area contributed by atoms with Crippen molar-refractivity contribution in [2.24, 2.45) is 5.92 Å². The standard InChI is InChI=1S/C18H29O4PS2/c1-18(2,3)25(23-4,16-11-7-6-8-12-16)21-14-15-10-9-13-17(15)22-24(5,19)20/h6-8,11-12,15,17H,4,9-10,13-14H2,1-3,5H3. The van der Waals surface area contributed by atoms with Crippen LogP contribution in [0.1, 0.15) is 40.0 Å². The van der Waals surface area contributed by atoms with E-state index in [4.69, 9.17) is 8.37 Å². The van der Waals surface area contributed by atoms with Crippen molar-refractivity contribution in [3.63, 3.8) is 0 Å². The van der Waals surface area contributed by atoms with E-state index in [9.17, 15) is 8.42 Å². The van der Waals surface area contributed by atoms with Gasteiger partial charge in [0.1, 0.15) is 0 Å². The molecule has 3 unspecified atom stereocenters. The average Bonchev–Trinajstić information content (AvgIpc) is 2.93. The van der Waals surface area contributed by atoms with Gasteiger partial charge < -0.3 is 4.18 Å². The fourth-order valence-corrected chi connectivity index (χ4v) is 9.03. The number of benzene rings is 1. The largest absolute Gasteiger partial charge is 0.324 e. The minimum atomic E-state index is -3.44. The minimum Gasteiger partial charge on any atom is -0.324 e. The summed E-state index contributed by atoms with van der Waals surface area (Å²) in [6.07, 6.45) is 7.70. The maximum absolute atomic E-state index is 11.5. The Labute approximate surface area is 155 Å². The van der Waals surface area contributed by atoms with Gasteiger partial charge in [0.2, 0.25) is 0 Å². The first-order valence-corrected chi connectivity index (χ1v) is 13.5. The lowest BCUT2D eigenvalue weighted by atomic mass is 10.1. The van der Waals surface area contributed by atoms with E-state index in [2.05, 4.69) is 39.2 Å². The second-order valence-corrected chi connectivity index (χ2v) is 14.6. The lowest BCUT2D eigenvalue weighted by Gasteiger charge is -2.47. The van der Waals surface area contributed by atoms with Crippen molar-refractivity contribution < 1.29 is 16.8 Å². The summed E-state index contributed by atoms with van der Waals surface area (Å²) in [6.45, 7) is 7.07. The molecule has 0 amide bonds. The Bertz CT molecular complexity index is 685. The van der Waals surface area contributed by atoms with Crippen molar-refractivity contribution in [2.75, 3.05) is 12.9 Å². The van der Waals surface area contributed by atoms with Gasteiger partial charge in [-0.25, -0.2) is 0 Å². The Morgan fingerprint density at radius 3 is 2.36 bits per heavy atom. The van der Waals surface area contributed by atoms with Crippen molar-refractivity contribution >= 4 is 33.8 Å². The summed E-state index contributed by atoms with van der Waals surface area (Å²) in [5.41, 5.74) is 0. The molecule has 1 saturated carbocycles. The molecule has 1 aromatic rings. The van der Waals surface area contributed by atoms with Crippen LogP contribution in [0, 0.1) is 5.92 Å². The Morgan fingerprint density at radius 2 is 1.84 bits per heavy atom. The van der Waals surface area contributed by atoms with Crippen LogP contribution in [0.5, 0.6) is 0 Å². The zero-order chi connectivity index (χ0) is 18.7. The van der Waals surface area contributed by atoms with Crippen LogP contribution in [0.2, 0.25) is 0 Å². The molecule has 2 rings (SSSR count). The summed E-state index contributed by atoms with van der Waals surface area (Å²) >= 11 is 0. The molecule has 1 aliphatic rings. The van der Waals surface area contributed by atoms with Crippen LogP contribution in [0.25, 0.3) is 0 Å². The van der Waals surface area contributed by atoms with E-state index in [0.717, 1.165) is 32.9 Å². The van der Waals surface area contributed by atoms with Gasteiger partial charge in [0.25, 0.3) is 10.1 Å². The monoisotopic (exact) mass is 404 g/mol. The molecular formula is C18H29O4PS2. The number of rotatable bonds is 7. The van der Waals surface area contributed by atoms with Crippen molar-refractivity contribution in [1.29, 1.82) is 0 Å². The first kappa shape index (κ1) is 20.9. The van der Waals surface area contributed by atoms with E-state index in [-0.39, 0.29) is 16.8 Å². The van der Waals surface area contributed by atoms with E-state index in [1.54, 1.807) is 0 Å². The normalized spacial score (nSPS) is 25.6. The van der Waals surface area contributed by atoms with Crippen LogP contribution in [-0.4, -0.2) is 38.4 Å². The maximum Gasteiger partial charge on any atom is 0.264 e. The molecule has 142 valence electrons. The fraction of sp³-hybridized carbons (Fsp3) is 0.611. The van der Waals surface area contributed by atoms with Gasteiger partial charge in [-0.3, -0.25) is 4.18 Å². The molecule has 3 atom stereocenters. The van der Waals surface area contributed by atoms with Gasteiger partial charge >= 0.3 is 0 Å². The summed E-state index contributed by atoms with van der Waals surface area (Å²) in [5, 5.41) is 0. The van der Waals surface area contributed by atoms with Gasteiger partial charge in [-0.1, -0.05) is 40.8 Å². The van der Waals surface area contributed by atoms with Crippen LogP contribution in [0.3, 0.4) is 0 Å². The summed E-state index contributed by atoms with van der Waals surface area (Å²) in [4.78, 5) is 1.18. The summed E-state index contributed by atoms with van der Waals surface area (Å²) in [5.74, 6) is 0.106. The lowest BCUT2D eigenvalue weighted by molar-refractivity contribution is 0.131. The zero-order valence-electron chi connectivity index (χ0n) is 15.5. The van der Waals surface area contributed by atoms with E-state index >= 15 is 0 Å². The van der Waals surface area contributed by atoms with Crippen molar-refractivity contribution in [3.05, 3.63) is 30.3 Å². The van der Waals surface area contributed by atoms with Crippen LogP contribution in [-0.2, 0) is 18.5 Å². The molecule has 1 aromatic carbocycles. The third-order valence-corrected chi connectivity index (χ3v) is 12.1. The van der Waals surface area contributed by atoms with E-state index in [1.807, 2.05) is 18.2 Å². The summed E-state index contributed by atoms with van der Waals surface area (Å²) in [6, 6.07) is 10.3. The van der Waals surface area contributed by atoms with Crippen molar-refractivity contribution in [3.8, 4) is 0 Å². The van der Waals surface area contributed by atoms with Crippen LogP contribution < -0.4 is 0 Å². The molecule has 0 radical (unpaired) electrons. The lowest BCUT2D eigenvalue weighted by Crippen LogP contribution is -2.29. The molecule has 0 aliphatic heterocycles. The number of hydrogen-bond donors (Lipinski definition) is 0. The average molecular weight is 405 g/mol. The molecule has 0 saturated heterocycles. The summed E-state index contributed by atoms with van der Waals surface area (Å²) < 4.78 is 34.8. The SMILES string of the molecule is C=PS(OCC1CCCC1OS(C)(=O)=O)(c1ccccc1)C(C)(C)C. The Balaban J connectivity index is 2.22. The molecule has 0 aromatic heterocycles. The van der Waals surface area contributed by atoms with Gasteiger partial charge in [0.05, 0.1) is 19.0 Å². The van der Waals surface area contributed by atoms with E-state index in [1.165, 1.54) is 4.90 Å². The van der Waals surface area contributed by atoms with E-state index < -0.39 is 20.0 Å². The molecule has 0 bridgehead atoms. The van der Waals surface area contributed by atoms with Gasteiger partial charge in [-0.15, -0.1) is 0 Å². The third kappa shape index (κ3) is 5.08. The highest BCUT2D eigenvalue weighted by atomic mass is 32.8. The topological polar surface area (TPSA) is 52.6 Å². The second-order valence-electron chi connectivity index (χ2n) is 7.39. The predicted octanol–water partition coefficient (Wildman–Crippen LogP) is 5.02. The molecule has 25 heavy (non-hydrogen) atoms. The smallest absolute Gasteiger partial charge is 0.264 e. The van der Waals surface area contributed by atoms with Crippen LogP contribution in [0.15, 0.2) is 35.2 Å². The molecule has 1 aliphatic carbocycles. The molecule has 0 heterocycles. The molecule has 1 fully saturated rings. The first-order chi connectivity index (χ1) is 11.6. The second kappa shape index (κ2) is 8.10. The Hall–Kier alpha value is -0.390. The molecule has 7 heteroatoms. The zero-order valence-corrected chi connectivity index (χ0v) is 18.0. The molecule has 0 spiro atoms. The highest BCUT2D eigenvalue weighted by molar-refractivity contribution is 8.69. The predicted molar refractivity (Wildman–Crippen MR) is 109 cm³/mol. The van der Waals surface area contributed by atoms with E-state index in [0.29, 0.717) is 6.61 Å². The Kier molecular flexibility index (Phi) is 6.77. The first-order valence-electron chi connectivity index (χ1n) is 8.48.